The number of hydrogen-bond acceptors (Lipinski definition) is 19. The Hall–Kier alpha value is -7.58. The molecule has 84 heavy (non-hydrogen) atoms. The number of unbranched alkanes of at least 4 members (excludes halogenated alkanes) is 7. The molecule has 0 spiro atoms. The van der Waals surface area contributed by atoms with Crippen molar-refractivity contribution in [2.24, 2.45) is 28.8 Å². The van der Waals surface area contributed by atoms with Gasteiger partial charge in [0.15, 0.2) is 11.5 Å². The van der Waals surface area contributed by atoms with E-state index in [1.54, 1.807) is 65.9 Å². The van der Waals surface area contributed by atoms with E-state index in [1.165, 1.54) is 23.5 Å². The molecule has 7 rings (SSSR count). The van der Waals surface area contributed by atoms with Crippen LogP contribution in [-0.4, -0.2) is 81.3 Å². The van der Waals surface area contributed by atoms with Crippen LogP contribution in [0.25, 0.3) is 10.2 Å². The molecule has 2 aliphatic carbocycles. The van der Waals surface area contributed by atoms with Crippen molar-refractivity contribution in [2.75, 3.05) is 51.3 Å². The summed E-state index contributed by atoms with van der Waals surface area (Å²) in [5.41, 5.74) is 4.75. The number of hydrogen-bond donors (Lipinski definition) is 1. The summed E-state index contributed by atoms with van der Waals surface area (Å²) in [5.74, 6) is 1.70. The van der Waals surface area contributed by atoms with E-state index >= 15 is 0 Å². The zero-order chi connectivity index (χ0) is 59.0. The summed E-state index contributed by atoms with van der Waals surface area (Å²) in [6.45, 7) is 13.9. The maximum atomic E-state index is 13.7. The lowest BCUT2D eigenvalue weighted by molar-refractivity contribution is -0.218. The number of fused-ring (bicyclic) bond motifs is 1. The van der Waals surface area contributed by atoms with Gasteiger partial charge in [-0.3, -0.25) is 9.59 Å². The first-order valence-electron chi connectivity index (χ1n) is 29.4. The molecule has 4 aromatic carbocycles. The fourth-order valence-electron chi connectivity index (χ4n) is 9.50. The topological polar surface area (TPSA) is 201 Å². The number of carbonyl (C=O) groups is 4. The van der Waals surface area contributed by atoms with Gasteiger partial charge in [0.05, 0.1) is 67.9 Å². The lowest BCUT2D eigenvalue weighted by Gasteiger charge is -2.27. The molecule has 1 N–H and O–H groups in total. The summed E-state index contributed by atoms with van der Waals surface area (Å²) < 4.78 is 34.6. The lowest BCUT2D eigenvalue weighted by atomic mass is 9.82. The molecule has 0 unspecified atom stereocenters. The molecule has 2 saturated carbocycles. The Morgan fingerprint density at radius 1 is 0.583 bits per heavy atom. The van der Waals surface area contributed by atoms with Crippen LogP contribution in [0.3, 0.4) is 0 Å². The second kappa shape index (κ2) is 36.2. The second-order valence-corrected chi connectivity index (χ2v) is 21.8. The highest BCUT2D eigenvalue weighted by Gasteiger charge is 2.30. The number of hydrazine groups is 1. The fourth-order valence-corrected chi connectivity index (χ4v) is 10.4. The zero-order valence-corrected chi connectivity index (χ0v) is 48.9. The van der Waals surface area contributed by atoms with Gasteiger partial charge in [-0.1, -0.05) is 42.7 Å². The molecular formula is C65H80N4O14S. The first kappa shape index (κ1) is 64.0. The quantitative estimate of drug-likeness (QED) is 0.00571. The number of carbonyl (C=O) groups excluding carboxylic acids is 4. The third kappa shape index (κ3) is 22.5. The van der Waals surface area contributed by atoms with Gasteiger partial charge in [0, 0.05) is 24.3 Å². The van der Waals surface area contributed by atoms with Crippen molar-refractivity contribution in [3.8, 4) is 34.5 Å². The molecule has 0 bridgehead atoms. The predicted molar refractivity (Wildman–Crippen MR) is 322 cm³/mol. The highest BCUT2D eigenvalue weighted by atomic mass is 32.1. The van der Waals surface area contributed by atoms with Crippen molar-refractivity contribution < 1.29 is 67.1 Å². The number of ether oxygens (including phenoxy) is 6. The van der Waals surface area contributed by atoms with Gasteiger partial charge in [0.1, 0.15) is 23.0 Å². The summed E-state index contributed by atoms with van der Waals surface area (Å²) in [7, 11) is 0. The van der Waals surface area contributed by atoms with Gasteiger partial charge in [0.2, 0.25) is 5.13 Å². The number of nitrogens with one attached hydrogen (secondary N) is 1. The van der Waals surface area contributed by atoms with Gasteiger partial charge in [-0.25, -0.2) is 20.0 Å². The minimum atomic E-state index is -0.402. The lowest BCUT2D eigenvalue weighted by Crippen LogP contribution is -2.34. The molecule has 5 aromatic rings. The molecule has 0 aliphatic heterocycles. The molecular weight excluding hydrogens is 1090 g/mol. The van der Waals surface area contributed by atoms with Crippen LogP contribution < -0.4 is 39.3 Å². The maximum absolute atomic E-state index is 13.7. The van der Waals surface area contributed by atoms with E-state index in [2.05, 4.69) is 25.2 Å². The van der Waals surface area contributed by atoms with Gasteiger partial charge in [-0.05, 0) is 206 Å². The molecule has 0 saturated heterocycles. The molecule has 0 radical (unpaired) electrons. The third-order valence-corrected chi connectivity index (χ3v) is 15.4. The van der Waals surface area contributed by atoms with Gasteiger partial charge in [-0.2, -0.15) is 20.0 Å². The minimum absolute atomic E-state index is 0.155. The number of rotatable bonds is 38. The van der Waals surface area contributed by atoms with Gasteiger partial charge in [0.25, 0.3) is 0 Å². The average molecular weight is 1170 g/mol. The first-order chi connectivity index (χ1) is 41.2. The number of nitrogens with zero attached hydrogens (tertiary/aromatic N) is 3. The minimum Gasteiger partial charge on any atom is -0.494 e. The predicted octanol–water partition coefficient (Wildman–Crippen LogP) is 13.4. The van der Waals surface area contributed by atoms with Crippen molar-refractivity contribution >= 4 is 56.8 Å². The van der Waals surface area contributed by atoms with Gasteiger partial charge in [-0.15, -0.1) is 6.58 Å². The number of esters is 4. The normalized spacial score (nSPS) is 16.7. The Kier molecular flexibility index (Phi) is 27.6. The van der Waals surface area contributed by atoms with Crippen LogP contribution in [-0.2, 0) is 38.4 Å². The van der Waals surface area contributed by atoms with Crippen LogP contribution in [0.1, 0.15) is 121 Å². The molecule has 1 heterocycles. The second-order valence-electron chi connectivity index (χ2n) is 20.8. The highest BCUT2D eigenvalue weighted by Crippen LogP contribution is 2.34. The Bertz CT molecular complexity index is 2830. The molecule has 2 fully saturated rings. The molecule has 1 aromatic heterocycles. The van der Waals surface area contributed by atoms with Crippen LogP contribution in [0.2, 0.25) is 0 Å². The van der Waals surface area contributed by atoms with Crippen LogP contribution in [0.4, 0.5) is 5.13 Å². The van der Waals surface area contributed by atoms with Gasteiger partial charge < -0.3 is 38.2 Å². The highest BCUT2D eigenvalue weighted by molar-refractivity contribution is 7.22. The summed E-state index contributed by atoms with van der Waals surface area (Å²) >= 11 is 1.50. The van der Waals surface area contributed by atoms with Crippen LogP contribution >= 0.6 is 11.3 Å². The Morgan fingerprint density at radius 2 is 1.10 bits per heavy atom. The fraction of sp³-hybridized carbons (Fsp3) is 0.446. The number of anilines is 1. The first-order valence-corrected chi connectivity index (χ1v) is 30.2. The summed E-state index contributed by atoms with van der Waals surface area (Å²) in [5, 5.41) is 7.13. The maximum Gasteiger partial charge on any atom is 0.330 e. The summed E-state index contributed by atoms with van der Waals surface area (Å²) in [6, 6.07) is 27.4. The monoisotopic (exact) mass is 1170 g/mol. The molecule has 2 aliphatic rings. The van der Waals surface area contributed by atoms with Crippen molar-refractivity contribution in [2.45, 2.75) is 116 Å². The van der Waals surface area contributed by atoms with E-state index in [4.69, 9.17) is 58.1 Å². The number of allylic oxidation sites excluding steroid dienone is 1. The SMILES string of the molecule is C=CCCCNN(/N=C/c1cc(OC(=O)C2CCC(COOc3ccc(OCCCCCCOC(=O)C=C)cc3)CC2)ccc1OOCC1CCC(C(=O)Oc2ccc(OCCCCCCOC(=O)C=C)cc2)CC1)c1nc2ccccc2s1. The zero-order valence-electron chi connectivity index (χ0n) is 48.0. The Balaban J connectivity index is 0.862. The van der Waals surface area contributed by atoms with Crippen LogP contribution in [0.5, 0.6) is 34.5 Å². The van der Waals surface area contributed by atoms with E-state index < -0.39 is 11.9 Å². The van der Waals surface area contributed by atoms with E-state index in [1.807, 2.05) is 42.5 Å². The van der Waals surface area contributed by atoms with E-state index in [0.717, 1.165) is 106 Å². The van der Waals surface area contributed by atoms with Gasteiger partial charge >= 0.3 is 23.9 Å². The van der Waals surface area contributed by atoms with Crippen molar-refractivity contribution in [1.29, 1.82) is 0 Å². The summed E-state index contributed by atoms with van der Waals surface area (Å²) in [6.07, 6.45) is 20.4. The molecule has 450 valence electrons. The molecule has 19 heteroatoms. The number of hydrazone groups is 1. The van der Waals surface area contributed by atoms with E-state index in [0.29, 0.717) is 111 Å². The number of benzene rings is 4. The largest absolute Gasteiger partial charge is 0.494 e. The molecule has 18 nitrogen and oxygen atoms in total. The van der Waals surface area contributed by atoms with Crippen molar-refractivity contribution in [3.05, 3.63) is 135 Å². The van der Waals surface area contributed by atoms with Crippen LogP contribution in [0.15, 0.2) is 134 Å². The van der Waals surface area contributed by atoms with Crippen molar-refractivity contribution in [1.82, 2.24) is 10.4 Å². The number of thiazole rings is 1. The average Bonchev–Trinajstić information content (AvgIpc) is 4.18. The van der Waals surface area contributed by atoms with Crippen molar-refractivity contribution in [3.63, 3.8) is 0 Å². The summed E-state index contributed by atoms with van der Waals surface area (Å²) in [4.78, 5) is 77.2. The van der Waals surface area contributed by atoms with Crippen LogP contribution in [0, 0.1) is 23.7 Å². The third-order valence-electron chi connectivity index (χ3n) is 14.4. The number of para-hydroxylation sites is 1. The Morgan fingerprint density at radius 3 is 1.65 bits per heavy atom. The standard InChI is InChI=1S/C65H80N4O14S/c1-4-7-14-39-66-69(65-68-58-19-12-13-20-60(58)84-65)67-45-52-44-57(81-64(73)51-27-21-48(22-28-51)46-78-82-56-35-31-54(32-36-56)75-41-16-9-11-18-43-77-62(71)6-3)37-38-59(52)83-79-47-49-23-25-50(26-24-49)63(72)80-55-33-29-53(30-34-55)74-40-15-8-10-17-42-76-61(70)5-2/h4-6,12-13,19-20,29-38,44-45,48-51,66H,1-3,7-11,14-18,21-28,39-43,46-47H2/b67-45+. The van der Waals surface area contributed by atoms with E-state index in [9.17, 15) is 19.2 Å². The number of aromatic nitrogens is 1. The molecule has 0 atom stereocenters. The smallest absolute Gasteiger partial charge is 0.330 e. The van der Waals surface area contributed by atoms with E-state index in [-0.39, 0.29) is 35.6 Å². The Labute approximate surface area is 496 Å². The molecule has 0 amide bonds.